The van der Waals surface area contributed by atoms with Crippen molar-refractivity contribution in [1.82, 2.24) is 4.72 Å². The SMILES string of the molecule is COC(C)CNS(=O)(=O)c1cccc(C(C)O)c1. The van der Waals surface area contributed by atoms with E-state index in [-0.39, 0.29) is 17.5 Å². The maximum Gasteiger partial charge on any atom is 0.240 e. The van der Waals surface area contributed by atoms with E-state index in [4.69, 9.17) is 4.74 Å². The largest absolute Gasteiger partial charge is 0.389 e. The number of aliphatic hydroxyl groups excluding tert-OH is 1. The van der Waals surface area contributed by atoms with E-state index in [0.29, 0.717) is 5.56 Å². The first-order valence-electron chi connectivity index (χ1n) is 5.67. The molecule has 6 heteroatoms. The van der Waals surface area contributed by atoms with Gasteiger partial charge in [-0.2, -0.15) is 0 Å². The molecule has 5 nitrogen and oxygen atoms in total. The van der Waals surface area contributed by atoms with Crippen LogP contribution in [0.4, 0.5) is 0 Å². The third-order valence-corrected chi connectivity index (χ3v) is 4.04. The summed E-state index contributed by atoms with van der Waals surface area (Å²) in [5, 5.41) is 9.43. The van der Waals surface area contributed by atoms with E-state index in [2.05, 4.69) is 4.72 Å². The van der Waals surface area contributed by atoms with Crippen molar-refractivity contribution >= 4 is 10.0 Å². The lowest BCUT2D eigenvalue weighted by molar-refractivity contribution is 0.122. The summed E-state index contributed by atoms with van der Waals surface area (Å²) in [6.45, 7) is 3.57. The van der Waals surface area contributed by atoms with Gasteiger partial charge in [0.25, 0.3) is 0 Å². The fourth-order valence-electron chi connectivity index (χ4n) is 1.34. The van der Waals surface area contributed by atoms with Crippen molar-refractivity contribution in [3.8, 4) is 0 Å². The molecule has 2 N–H and O–H groups in total. The number of hydrogen-bond acceptors (Lipinski definition) is 4. The Labute approximate surface area is 108 Å². The average molecular weight is 273 g/mol. The first-order valence-corrected chi connectivity index (χ1v) is 7.15. The van der Waals surface area contributed by atoms with E-state index in [1.807, 2.05) is 0 Å². The van der Waals surface area contributed by atoms with E-state index in [9.17, 15) is 13.5 Å². The van der Waals surface area contributed by atoms with Gasteiger partial charge in [-0.05, 0) is 31.5 Å². The Hall–Kier alpha value is -0.950. The number of rotatable bonds is 6. The molecule has 0 heterocycles. The molecule has 0 fully saturated rings. The van der Waals surface area contributed by atoms with Crippen molar-refractivity contribution in [3.63, 3.8) is 0 Å². The number of ether oxygens (including phenoxy) is 1. The quantitative estimate of drug-likeness (QED) is 0.812. The smallest absolute Gasteiger partial charge is 0.240 e. The number of aliphatic hydroxyl groups is 1. The molecule has 0 amide bonds. The number of hydrogen-bond donors (Lipinski definition) is 2. The molecule has 0 spiro atoms. The molecule has 1 aromatic rings. The maximum atomic E-state index is 12.0. The molecule has 0 aliphatic rings. The van der Waals surface area contributed by atoms with Gasteiger partial charge < -0.3 is 9.84 Å². The normalized spacial score (nSPS) is 15.3. The molecule has 0 aromatic heterocycles. The van der Waals surface area contributed by atoms with Gasteiger partial charge in [-0.15, -0.1) is 0 Å². The van der Waals surface area contributed by atoms with Crippen LogP contribution in [-0.4, -0.2) is 33.3 Å². The Kier molecular flexibility index (Phi) is 5.28. The Bertz CT molecular complexity index is 485. The van der Waals surface area contributed by atoms with Crippen molar-refractivity contribution < 1.29 is 18.3 Å². The summed E-state index contributed by atoms with van der Waals surface area (Å²) in [6, 6.07) is 6.24. The highest BCUT2D eigenvalue weighted by Gasteiger charge is 2.16. The van der Waals surface area contributed by atoms with Crippen molar-refractivity contribution in [1.29, 1.82) is 0 Å². The third-order valence-electron chi connectivity index (χ3n) is 2.61. The second kappa shape index (κ2) is 6.29. The minimum absolute atomic E-state index is 0.143. The van der Waals surface area contributed by atoms with Crippen molar-refractivity contribution in [2.45, 2.75) is 31.0 Å². The van der Waals surface area contributed by atoms with Gasteiger partial charge in [-0.25, -0.2) is 13.1 Å². The zero-order valence-corrected chi connectivity index (χ0v) is 11.6. The Morgan fingerprint density at radius 1 is 1.39 bits per heavy atom. The Balaban J connectivity index is 2.88. The van der Waals surface area contributed by atoms with Gasteiger partial charge in [0.15, 0.2) is 0 Å². The van der Waals surface area contributed by atoms with Gasteiger partial charge in [0.05, 0.1) is 17.1 Å². The van der Waals surface area contributed by atoms with E-state index in [0.717, 1.165) is 0 Å². The van der Waals surface area contributed by atoms with Gasteiger partial charge in [0, 0.05) is 13.7 Å². The average Bonchev–Trinajstić information content (AvgIpc) is 2.36. The predicted octanol–water partition coefficient (Wildman–Crippen LogP) is 1.05. The van der Waals surface area contributed by atoms with Crippen LogP contribution in [0.3, 0.4) is 0 Å². The minimum Gasteiger partial charge on any atom is -0.389 e. The predicted molar refractivity (Wildman–Crippen MR) is 68.7 cm³/mol. The van der Waals surface area contributed by atoms with Crippen LogP contribution in [0.15, 0.2) is 29.2 Å². The highest BCUT2D eigenvalue weighted by molar-refractivity contribution is 7.89. The Morgan fingerprint density at radius 2 is 2.06 bits per heavy atom. The van der Waals surface area contributed by atoms with Crippen LogP contribution in [-0.2, 0) is 14.8 Å². The molecule has 0 aliphatic carbocycles. The monoisotopic (exact) mass is 273 g/mol. The zero-order chi connectivity index (χ0) is 13.8. The van der Waals surface area contributed by atoms with Crippen LogP contribution in [0.2, 0.25) is 0 Å². The van der Waals surface area contributed by atoms with Crippen LogP contribution < -0.4 is 4.72 Å². The van der Waals surface area contributed by atoms with Crippen LogP contribution >= 0.6 is 0 Å². The standard InChI is InChI=1S/C12H19NO4S/c1-9(17-3)8-13-18(15,16)12-6-4-5-11(7-12)10(2)14/h4-7,9-10,13-14H,8H2,1-3H3. The first-order chi connectivity index (χ1) is 8.36. The Morgan fingerprint density at radius 3 is 2.61 bits per heavy atom. The van der Waals surface area contributed by atoms with Gasteiger partial charge in [-0.1, -0.05) is 12.1 Å². The van der Waals surface area contributed by atoms with E-state index in [1.165, 1.54) is 19.2 Å². The first kappa shape index (κ1) is 15.1. The molecule has 2 unspecified atom stereocenters. The molecule has 18 heavy (non-hydrogen) atoms. The molecule has 0 aliphatic heterocycles. The van der Waals surface area contributed by atoms with Gasteiger partial charge in [0.2, 0.25) is 10.0 Å². The second-order valence-electron chi connectivity index (χ2n) is 4.15. The van der Waals surface area contributed by atoms with Crippen LogP contribution in [0, 0.1) is 0 Å². The fraction of sp³-hybridized carbons (Fsp3) is 0.500. The minimum atomic E-state index is -3.56. The summed E-state index contributed by atoms with van der Waals surface area (Å²) in [7, 11) is -2.04. The van der Waals surface area contributed by atoms with E-state index >= 15 is 0 Å². The highest BCUT2D eigenvalue weighted by Crippen LogP contribution is 2.17. The fourth-order valence-corrected chi connectivity index (χ4v) is 2.51. The molecular formula is C12H19NO4S. The second-order valence-corrected chi connectivity index (χ2v) is 5.91. The molecule has 0 bridgehead atoms. The van der Waals surface area contributed by atoms with Crippen molar-refractivity contribution in [2.75, 3.05) is 13.7 Å². The van der Waals surface area contributed by atoms with Gasteiger partial charge in [-0.3, -0.25) is 0 Å². The topological polar surface area (TPSA) is 75.6 Å². The van der Waals surface area contributed by atoms with Crippen molar-refractivity contribution in [2.24, 2.45) is 0 Å². The maximum absolute atomic E-state index is 12.0. The molecule has 102 valence electrons. The van der Waals surface area contributed by atoms with Crippen LogP contribution in [0.5, 0.6) is 0 Å². The molecule has 0 saturated carbocycles. The van der Waals surface area contributed by atoms with Crippen LogP contribution in [0.25, 0.3) is 0 Å². The van der Waals surface area contributed by atoms with E-state index < -0.39 is 16.1 Å². The number of methoxy groups -OCH3 is 1. The molecular weight excluding hydrogens is 254 g/mol. The van der Waals surface area contributed by atoms with Gasteiger partial charge in [0.1, 0.15) is 0 Å². The van der Waals surface area contributed by atoms with E-state index in [1.54, 1.807) is 26.0 Å². The molecule has 0 radical (unpaired) electrons. The summed E-state index contributed by atoms with van der Waals surface area (Å²) in [6.07, 6.45) is -0.891. The summed E-state index contributed by atoms with van der Waals surface area (Å²) < 4.78 is 31.4. The summed E-state index contributed by atoms with van der Waals surface area (Å²) in [4.78, 5) is 0.143. The molecule has 1 aromatic carbocycles. The number of benzene rings is 1. The summed E-state index contributed by atoms with van der Waals surface area (Å²) >= 11 is 0. The number of nitrogens with one attached hydrogen (secondary N) is 1. The summed E-state index contributed by atoms with van der Waals surface area (Å²) in [5.41, 5.74) is 0.567. The lowest BCUT2D eigenvalue weighted by Gasteiger charge is -2.12. The molecule has 0 saturated heterocycles. The number of sulfonamides is 1. The van der Waals surface area contributed by atoms with Gasteiger partial charge >= 0.3 is 0 Å². The lowest BCUT2D eigenvalue weighted by atomic mass is 10.1. The summed E-state index contributed by atoms with van der Waals surface area (Å²) in [5.74, 6) is 0. The molecule has 2 atom stereocenters. The van der Waals surface area contributed by atoms with Crippen LogP contribution in [0.1, 0.15) is 25.5 Å². The zero-order valence-electron chi connectivity index (χ0n) is 10.8. The lowest BCUT2D eigenvalue weighted by Crippen LogP contribution is -2.31. The third kappa shape index (κ3) is 4.06. The molecule has 1 rings (SSSR count). The van der Waals surface area contributed by atoms with Crippen molar-refractivity contribution in [3.05, 3.63) is 29.8 Å². The highest BCUT2D eigenvalue weighted by atomic mass is 32.2.